The lowest BCUT2D eigenvalue weighted by atomic mass is 9.81. The Balaban J connectivity index is 2.91. The van der Waals surface area contributed by atoms with E-state index in [0.717, 1.165) is 6.42 Å². The minimum absolute atomic E-state index is 0.179. The predicted molar refractivity (Wildman–Crippen MR) is 58.6 cm³/mol. The maximum absolute atomic E-state index is 12.4. The molecule has 1 aliphatic carbocycles. The van der Waals surface area contributed by atoms with Gasteiger partial charge in [0.05, 0.1) is 5.54 Å². The van der Waals surface area contributed by atoms with E-state index in [1.54, 1.807) is 0 Å². The van der Waals surface area contributed by atoms with Crippen LogP contribution in [0, 0.1) is 5.92 Å². The Labute approximate surface area is 111 Å². The van der Waals surface area contributed by atoms with Gasteiger partial charge in [0.15, 0.2) is 0 Å². The van der Waals surface area contributed by atoms with Gasteiger partial charge in [-0.2, -0.15) is 26.3 Å². The number of halogens is 6. The first kappa shape index (κ1) is 17.1. The third-order valence-corrected chi connectivity index (χ3v) is 3.51. The molecule has 9 heteroatoms. The van der Waals surface area contributed by atoms with Gasteiger partial charge in [-0.1, -0.05) is 19.3 Å². The molecule has 118 valence electrons. The van der Waals surface area contributed by atoms with Crippen molar-refractivity contribution in [2.75, 3.05) is 6.54 Å². The molecule has 0 aromatic rings. The summed E-state index contributed by atoms with van der Waals surface area (Å²) in [5.41, 5.74) is 4.26. The summed E-state index contributed by atoms with van der Waals surface area (Å²) in [6.45, 7) is -0.179. The lowest BCUT2D eigenvalue weighted by Gasteiger charge is -2.38. The van der Waals surface area contributed by atoms with Crippen molar-refractivity contribution in [3.63, 3.8) is 0 Å². The molecule has 0 bridgehead atoms. The SMILES string of the molecule is NCC1(NC(=O)C(C(F)(F)F)C(F)(F)F)CCCCC1. The Morgan fingerprint density at radius 2 is 1.50 bits per heavy atom. The standard InChI is InChI=1S/C11H16F6N2O/c12-10(13,14)7(11(15,16)17)8(20)19-9(6-18)4-2-1-3-5-9/h7H,1-6,18H2,(H,19,20). The van der Waals surface area contributed by atoms with Crippen molar-refractivity contribution in [3.05, 3.63) is 0 Å². The number of carbonyl (C=O) groups excluding carboxylic acids is 1. The normalized spacial score (nSPS) is 20.0. The highest BCUT2D eigenvalue weighted by atomic mass is 19.4. The van der Waals surface area contributed by atoms with Crippen LogP contribution in [0.25, 0.3) is 0 Å². The number of amides is 1. The van der Waals surface area contributed by atoms with Gasteiger partial charge in [0.25, 0.3) is 0 Å². The number of alkyl halides is 6. The molecular formula is C11H16F6N2O. The summed E-state index contributed by atoms with van der Waals surface area (Å²) >= 11 is 0. The van der Waals surface area contributed by atoms with Crippen molar-refractivity contribution in [2.24, 2.45) is 11.7 Å². The van der Waals surface area contributed by atoms with Crippen LogP contribution < -0.4 is 11.1 Å². The third-order valence-electron chi connectivity index (χ3n) is 3.51. The van der Waals surface area contributed by atoms with Crippen LogP contribution in [0.2, 0.25) is 0 Å². The molecule has 1 fully saturated rings. The maximum atomic E-state index is 12.4. The molecule has 3 N–H and O–H groups in total. The van der Waals surface area contributed by atoms with Gasteiger partial charge in [0.2, 0.25) is 11.8 Å². The summed E-state index contributed by atoms with van der Waals surface area (Å²) in [7, 11) is 0. The van der Waals surface area contributed by atoms with Gasteiger partial charge in [-0.05, 0) is 12.8 Å². The van der Waals surface area contributed by atoms with E-state index in [1.165, 1.54) is 0 Å². The van der Waals surface area contributed by atoms with Crippen molar-refractivity contribution in [3.8, 4) is 0 Å². The first-order valence-electron chi connectivity index (χ1n) is 6.17. The highest BCUT2D eigenvalue weighted by Gasteiger charge is 2.61. The zero-order valence-corrected chi connectivity index (χ0v) is 10.6. The van der Waals surface area contributed by atoms with Crippen molar-refractivity contribution >= 4 is 5.91 Å². The van der Waals surface area contributed by atoms with E-state index in [-0.39, 0.29) is 19.4 Å². The second-order valence-electron chi connectivity index (χ2n) is 5.05. The van der Waals surface area contributed by atoms with Crippen molar-refractivity contribution in [1.82, 2.24) is 5.32 Å². The van der Waals surface area contributed by atoms with Gasteiger partial charge in [0, 0.05) is 6.54 Å². The van der Waals surface area contributed by atoms with Crippen LogP contribution in [0.15, 0.2) is 0 Å². The van der Waals surface area contributed by atoms with E-state index < -0.39 is 29.7 Å². The second-order valence-corrected chi connectivity index (χ2v) is 5.05. The number of hydrogen-bond acceptors (Lipinski definition) is 2. The Morgan fingerprint density at radius 1 is 1.05 bits per heavy atom. The molecule has 0 saturated heterocycles. The van der Waals surface area contributed by atoms with Gasteiger partial charge in [-0.15, -0.1) is 0 Å². The Bertz CT molecular complexity index is 332. The molecule has 1 rings (SSSR count). The first-order chi connectivity index (χ1) is 9.02. The van der Waals surface area contributed by atoms with Crippen molar-refractivity contribution in [1.29, 1.82) is 0 Å². The van der Waals surface area contributed by atoms with Crippen LogP contribution in [0.3, 0.4) is 0 Å². The van der Waals surface area contributed by atoms with Crippen LogP contribution in [0.4, 0.5) is 26.3 Å². The van der Waals surface area contributed by atoms with E-state index in [2.05, 4.69) is 0 Å². The van der Waals surface area contributed by atoms with E-state index in [4.69, 9.17) is 5.73 Å². The molecule has 3 nitrogen and oxygen atoms in total. The summed E-state index contributed by atoms with van der Waals surface area (Å²) in [5.74, 6) is -6.09. The molecular weight excluding hydrogens is 290 g/mol. The molecule has 0 aliphatic heterocycles. The molecule has 1 aliphatic rings. The van der Waals surface area contributed by atoms with E-state index >= 15 is 0 Å². The van der Waals surface area contributed by atoms with Gasteiger partial charge in [0.1, 0.15) is 0 Å². The fourth-order valence-electron chi connectivity index (χ4n) is 2.43. The molecule has 0 heterocycles. The minimum Gasteiger partial charge on any atom is -0.349 e. The maximum Gasteiger partial charge on any atom is 0.409 e. The van der Waals surface area contributed by atoms with E-state index in [0.29, 0.717) is 12.8 Å². The Morgan fingerprint density at radius 3 is 1.85 bits per heavy atom. The monoisotopic (exact) mass is 306 g/mol. The molecule has 0 radical (unpaired) electrons. The van der Waals surface area contributed by atoms with Crippen molar-refractivity contribution in [2.45, 2.75) is 50.0 Å². The predicted octanol–water partition coefficient (Wildman–Crippen LogP) is 2.51. The molecule has 0 atom stereocenters. The minimum atomic E-state index is -5.67. The lowest BCUT2D eigenvalue weighted by Crippen LogP contribution is -2.59. The molecule has 0 aromatic heterocycles. The van der Waals surface area contributed by atoms with Gasteiger partial charge in [-0.3, -0.25) is 4.79 Å². The largest absolute Gasteiger partial charge is 0.409 e. The zero-order valence-electron chi connectivity index (χ0n) is 10.6. The quantitative estimate of drug-likeness (QED) is 0.787. The highest BCUT2D eigenvalue weighted by Crippen LogP contribution is 2.40. The van der Waals surface area contributed by atoms with Crippen LogP contribution in [-0.4, -0.2) is 30.3 Å². The molecule has 20 heavy (non-hydrogen) atoms. The summed E-state index contributed by atoms with van der Waals surface area (Å²) in [6, 6.07) is 0. The Hall–Kier alpha value is -0.990. The first-order valence-corrected chi connectivity index (χ1v) is 6.17. The average Bonchev–Trinajstić information content (AvgIpc) is 2.25. The number of hydrogen-bond donors (Lipinski definition) is 2. The van der Waals surface area contributed by atoms with E-state index in [9.17, 15) is 31.1 Å². The number of carbonyl (C=O) groups is 1. The van der Waals surface area contributed by atoms with Crippen molar-refractivity contribution < 1.29 is 31.1 Å². The summed E-state index contributed by atoms with van der Waals surface area (Å²) in [4.78, 5) is 11.5. The van der Waals surface area contributed by atoms with E-state index in [1.807, 2.05) is 5.32 Å². The van der Waals surface area contributed by atoms with Gasteiger partial charge in [-0.25, -0.2) is 0 Å². The topological polar surface area (TPSA) is 55.1 Å². The molecule has 0 aromatic carbocycles. The summed E-state index contributed by atoms with van der Waals surface area (Å²) < 4.78 is 74.6. The summed E-state index contributed by atoms with van der Waals surface area (Å²) in [6.07, 6.45) is -8.73. The summed E-state index contributed by atoms with van der Waals surface area (Å²) in [5, 5.41) is 1.89. The lowest BCUT2D eigenvalue weighted by molar-refractivity contribution is -0.274. The average molecular weight is 306 g/mol. The van der Waals surface area contributed by atoms with Gasteiger partial charge >= 0.3 is 12.4 Å². The zero-order chi connectivity index (χ0) is 15.6. The van der Waals surface area contributed by atoms with Gasteiger partial charge < -0.3 is 11.1 Å². The van der Waals surface area contributed by atoms with Crippen LogP contribution in [-0.2, 0) is 4.79 Å². The number of rotatable bonds is 3. The van der Waals surface area contributed by atoms with Crippen LogP contribution in [0.5, 0.6) is 0 Å². The molecule has 1 saturated carbocycles. The fraction of sp³-hybridized carbons (Fsp3) is 0.909. The number of nitrogens with one attached hydrogen (secondary N) is 1. The Kier molecular flexibility index (Phi) is 4.94. The molecule has 0 unspecified atom stereocenters. The second kappa shape index (κ2) is 5.79. The number of nitrogens with two attached hydrogens (primary N) is 1. The van der Waals surface area contributed by atoms with Crippen LogP contribution in [0.1, 0.15) is 32.1 Å². The fourth-order valence-corrected chi connectivity index (χ4v) is 2.43. The highest BCUT2D eigenvalue weighted by molar-refractivity contribution is 5.81. The smallest absolute Gasteiger partial charge is 0.349 e. The van der Waals surface area contributed by atoms with Crippen LogP contribution >= 0.6 is 0 Å². The molecule has 0 spiro atoms. The third kappa shape index (κ3) is 4.00. The molecule has 1 amide bonds.